The van der Waals surface area contributed by atoms with Crippen molar-refractivity contribution >= 4 is 22.7 Å². The second-order valence-electron chi connectivity index (χ2n) is 7.87. The third-order valence-electron chi connectivity index (χ3n) is 5.79. The molecule has 0 aliphatic carbocycles. The van der Waals surface area contributed by atoms with Crippen LogP contribution in [0.1, 0.15) is 44.5 Å². The van der Waals surface area contributed by atoms with E-state index in [1.165, 1.54) is 17.0 Å². The van der Waals surface area contributed by atoms with Gasteiger partial charge in [0.15, 0.2) is 5.43 Å². The average Bonchev–Trinajstić information content (AvgIpc) is 3.03. The zero-order valence-corrected chi connectivity index (χ0v) is 17.3. The van der Waals surface area contributed by atoms with Crippen molar-refractivity contribution in [2.24, 2.45) is 0 Å². The third-order valence-corrected chi connectivity index (χ3v) is 5.79. The van der Waals surface area contributed by atoms with Gasteiger partial charge < -0.3 is 4.42 Å². The predicted octanol–water partition coefficient (Wildman–Crippen LogP) is 5.00. The fraction of sp³-hybridized carbons (Fsp3) is 0.160. The second kappa shape index (κ2) is 6.87. The molecular formula is C25H19FN2O3. The quantitative estimate of drug-likeness (QED) is 0.463. The van der Waals surface area contributed by atoms with Crippen LogP contribution in [-0.4, -0.2) is 10.9 Å². The summed E-state index contributed by atoms with van der Waals surface area (Å²) in [6, 6.07) is 13.9. The van der Waals surface area contributed by atoms with Gasteiger partial charge in [-0.3, -0.25) is 14.5 Å². The molecule has 2 aromatic heterocycles. The first-order chi connectivity index (χ1) is 14.8. The van der Waals surface area contributed by atoms with E-state index in [1.807, 2.05) is 26.8 Å². The van der Waals surface area contributed by atoms with Crippen molar-refractivity contribution in [1.82, 2.24) is 4.98 Å². The van der Waals surface area contributed by atoms with Gasteiger partial charge in [0.2, 0.25) is 5.76 Å². The van der Waals surface area contributed by atoms with Crippen molar-refractivity contribution in [1.29, 1.82) is 0 Å². The Hall–Kier alpha value is -3.80. The summed E-state index contributed by atoms with van der Waals surface area (Å²) in [4.78, 5) is 33.0. The van der Waals surface area contributed by atoms with Gasteiger partial charge in [0.25, 0.3) is 5.91 Å². The number of amides is 1. The zero-order valence-electron chi connectivity index (χ0n) is 17.3. The highest BCUT2D eigenvalue weighted by Gasteiger charge is 2.44. The lowest BCUT2D eigenvalue weighted by atomic mass is 9.97. The molecule has 1 aliphatic rings. The number of carbonyl (C=O) groups is 1. The van der Waals surface area contributed by atoms with E-state index in [-0.39, 0.29) is 16.8 Å². The van der Waals surface area contributed by atoms with Crippen LogP contribution < -0.4 is 10.3 Å². The molecule has 1 aliphatic heterocycles. The summed E-state index contributed by atoms with van der Waals surface area (Å²) in [5.41, 5.74) is 3.61. The summed E-state index contributed by atoms with van der Waals surface area (Å²) in [5, 5.41) is 0.417. The first-order valence-electron chi connectivity index (χ1n) is 9.96. The fourth-order valence-corrected chi connectivity index (χ4v) is 4.09. The van der Waals surface area contributed by atoms with Crippen molar-refractivity contribution < 1.29 is 13.6 Å². The lowest BCUT2D eigenvalue weighted by Crippen LogP contribution is -2.30. The minimum absolute atomic E-state index is 0.00150. The van der Waals surface area contributed by atoms with Gasteiger partial charge in [-0.05, 0) is 73.9 Å². The molecule has 1 atom stereocenters. The molecule has 6 heteroatoms. The summed E-state index contributed by atoms with van der Waals surface area (Å²) in [6.45, 7) is 5.68. The Morgan fingerprint density at radius 1 is 0.968 bits per heavy atom. The van der Waals surface area contributed by atoms with Gasteiger partial charge >= 0.3 is 0 Å². The van der Waals surface area contributed by atoms with Crippen LogP contribution in [-0.2, 0) is 0 Å². The van der Waals surface area contributed by atoms with Crippen LogP contribution in [0, 0.1) is 26.6 Å². The number of rotatable bonds is 2. The molecule has 31 heavy (non-hydrogen) atoms. The van der Waals surface area contributed by atoms with E-state index < -0.39 is 17.8 Å². The smallest absolute Gasteiger partial charge is 0.296 e. The Bertz CT molecular complexity index is 1420. The van der Waals surface area contributed by atoms with Crippen LogP contribution in [0.15, 0.2) is 63.8 Å². The van der Waals surface area contributed by atoms with Gasteiger partial charge in [0.05, 0.1) is 17.0 Å². The van der Waals surface area contributed by atoms with Crippen LogP contribution in [0.5, 0.6) is 0 Å². The molecule has 0 spiro atoms. The normalized spacial score (nSPS) is 15.5. The van der Waals surface area contributed by atoms with E-state index >= 15 is 0 Å². The van der Waals surface area contributed by atoms with Gasteiger partial charge in [-0.25, -0.2) is 9.37 Å². The highest BCUT2D eigenvalue weighted by molar-refractivity contribution is 6.10. The molecule has 2 aromatic carbocycles. The first-order valence-corrected chi connectivity index (χ1v) is 9.96. The third kappa shape index (κ3) is 2.94. The SMILES string of the molecule is Cc1cccc(N2C(=O)c3oc4cc(C)c(C)cc4c(=O)c3C2c2ccc(F)cc2)n1. The van der Waals surface area contributed by atoms with Crippen molar-refractivity contribution in [3.05, 3.63) is 104 Å². The first kappa shape index (κ1) is 19.2. The molecule has 154 valence electrons. The fourth-order valence-electron chi connectivity index (χ4n) is 4.09. The van der Waals surface area contributed by atoms with Crippen molar-refractivity contribution in [3.8, 4) is 0 Å². The highest BCUT2D eigenvalue weighted by Crippen LogP contribution is 2.40. The molecule has 0 N–H and O–H groups in total. The van der Waals surface area contributed by atoms with E-state index in [9.17, 15) is 14.0 Å². The minimum Gasteiger partial charge on any atom is -0.450 e. The second-order valence-corrected chi connectivity index (χ2v) is 7.87. The maximum Gasteiger partial charge on any atom is 0.296 e. The molecule has 4 aromatic rings. The number of pyridine rings is 1. The number of aryl methyl sites for hydroxylation is 3. The van der Waals surface area contributed by atoms with Crippen LogP contribution in [0.3, 0.4) is 0 Å². The lowest BCUT2D eigenvalue weighted by Gasteiger charge is -2.24. The Kier molecular flexibility index (Phi) is 4.25. The number of anilines is 1. The maximum absolute atomic E-state index is 13.6. The maximum atomic E-state index is 13.6. The van der Waals surface area contributed by atoms with E-state index in [0.717, 1.165) is 16.8 Å². The van der Waals surface area contributed by atoms with Crippen LogP contribution in [0.25, 0.3) is 11.0 Å². The molecule has 0 fully saturated rings. The molecule has 3 heterocycles. The summed E-state index contributed by atoms with van der Waals surface area (Å²) in [5.74, 6) is -0.440. The topological polar surface area (TPSA) is 63.4 Å². The van der Waals surface area contributed by atoms with Crippen molar-refractivity contribution in [2.45, 2.75) is 26.8 Å². The zero-order chi connectivity index (χ0) is 21.9. The van der Waals surface area contributed by atoms with E-state index in [4.69, 9.17) is 4.42 Å². The Labute approximate surface area is 177 Å². The predicted molar refractivity (Wildman–Crippen MR) is 116 cm³/mol. The molecule has 0 bridgehead atoms. The number of hydrogen-bond donors (Lipinski definition) is 0. The van der Waals surface area contributed by atoms with Crippen LogP contribution >= 0.6 is 0 Å². The Balaban J connectivity index is 1.83. The monoisotopic (exact) mass is 414 g/mol. The Morgan fingerprint density at radius 3 is 2.39 bits per heavy atom. The van der Waals surface area contributed by atoms with Crippen molar-refractivity contribution in [3.63, 3.8) is 0 Å². The molecule has 1 amide bonds. The summed E-state index contributed by atoms with van der Waals surface area (Å²) in [6.07, 6.45) is 0. The van der Waals surface area contributed by atoms with Crippen molar-refractivity contribution in [2.75, 3.05) is 4.90 Å². The van der Waals surface area contributed by atoms with Crippen LogP contribution in [0.4, 0.5) is 10.2 Å². The van der Waals surface area contributed by atoms with Gasteiger partial charge in [-0.2, -0.15) is 0 Å². The molecule has 5 rings (SSSR count). The number of benzene rings is 2. The number of aromatic nitrogens is 1. The van der Waals surface area contributed by atoms with E-state index in [0.29, 0.717) is 22.4 Å². The standard InChI is InChI=1S/C25H19FN2O3/c1-13-11-18-19(12-14(13)2)31-24-21(23(18)29)22(16-7-9-17(26)10-8-16)28(25(24)30)20-6-4-5-15(3)27-20/h4-12,22H,1-3H3. The molecule has 1 unspecified atom stereocenters. The number of halogens is 1. The van der Waals surface area contributed by atoms with E-state index in [2.05, 4.69) is 4.98 Å². The largest absolute Gasteiger partial charge is 0.450 e. The van der Waals surface area contributed by atoms with Gasteiger partial charge in [-0.1, -0.05) is 18.2 Å². The number of carbonyl (C=O) groups excluding carboxylic acids is 1. The van der Waals surface area contributed by atoms with E-state index in [1.54, 1.807) is 36.4 Å². The van der Waals surface area contributed by atoms with Gasteiger partial charge in [-0.15, -0.1) is 0 Å². The Morgan fingerprint density at radius 2 is 1.68 bits per heavy atom. The van der Waals surface area contributed by atoms with Gasteiger partial charge in [0, 0.05) is 5.69 Å². The lowest BCUT2D eigenvalue weighted by molar-refractivity contribution is 0.0970. The number of fused-ring (bicyclic) bond motifs is 2. The molecular weight excluding hydrogens is 395 g/mol. The number of nitrogens with zero attached hydrogens (tertiary/aromatic N) is 2. The highest BCUT2D eigenvalue weighted by atomic mass is 19.1. The number of hydrogen-bond acceptors (Lipinski definition) is 4. The summed E-state index contributed by atoms with van der Waals surface area (Å²) < 4.78 is 19.6. The summed E-state index contributed by atoms with van der Waals surface area (Å²) in [7, 11) is 0. The molecule has 5 nitrogen and oxygen atoms in total. The average molecular weight is 414 g/mol. The molecule has 0 saturated heterocycles. The van der Waals surface area contributed by atoms with Crippen LogP contribution in [0.2, 0.25) is 0 Å². The van der Waals surface area contributed by atoms with Gasteiger partial charge in [0.1, 0.15) is 17.2 Å². The molecule has 0 saturated carbocycles. The minimum atomic E-state index is -0.764. The summed E-state index contributed by atoms with van der Waals surface area (Å²) >= 11 is 0. The molecule has 0 radical (unpaired) electrons.